The molecule has 0 aliphatic rings. The topological polar surface area (TPSA) is 26.0 Å². The first kappa shape index (κ1) is 13.5. The Hall–Kier alpha value is -1.49. The van der Waals surface area contributed by atoms with Gasteiger partial charge in [-0.1, -0.05) is 29.8 Å². The van der Waals surface area contributed by atoms with Crippen molar-refractivity contribution in [1.82, 2.24) is 0 Å². The number of hydrogen-bond acceptors (Lipinski definition) is 2. The molecular formula is C15H10ClF2NS. The quantitative estimate of drug-likeness (QED) is 0.671. The van der Waals surface area contributed by atoms with Gasteiger partial charge in [0.1, 0.15) is 11.6 Å². The van der Waals surface area contributed by atoms with Crippen LogP contribution in [0, 0.1) is 11.6 Å². The van der Waals surface area contributed by atoms with Crippen molar-refractivity contribution < 1.29 is 8.78 Å². The van der Waals surface area contributed by atoms with Gasteiger partial charge >= 0.3 is 0 Å². The number of thiophene rings is 1. The Bertz CT molecular complexity index is 785. The van der Waals surface area contributed by atoms with Gasteiger partial charge in [-0.2, -0.15) is 0 Å². The number of benzene rings is 2. The maximum atomic E-state index is 14.0. The average molecular weight is 310 g/mol. The molecule has 0 fully saturated rings. The lowest BCUT2D eigenvalue weighted by Gasteiger charge is -2.15. The van der Waals surface area contributed by atoms with Crippen LogP contribution in [0.15, 0.2) is 41.8 Å². The molecule has 3 rings (SSSR count). The highest BCUT2D eigenvalue weighted by Gasteiger charge is 2.18. The van der Waals surface area contributed by atoms with Crippen LogP contribution in [0.3, 0.4) is 0 Å². The van der Waals surface area contributed by atoms with Crippen LogP contribution in [0.25, 0.3) is 10.1 Å². The maximum Gasteiger partial charge on any atom is 0.142 e. The molecule has 3 aromatic rings. The lowest BCUT2D eigenvalue weighted by atomic mass is 9.98. The second kappa shape index (κ2) is 5.13. The average Bonchev–Trinajstić information content (AvgIpc) is 2.90. The number of rotatable bonds is 2. The Kier molecular flexibility index (Phi) is 3.46. The molecule has 0 aliphatic heterocycles. The summed E-state index contributed by atoms with van der Waals surface area (Å²) in [5.74, 6) is -1.27. The zero-order chi connectivity index (χ0) is 14.3. The van der Waals surface area contributed by atoms with Crippen molar-refractivity contribution in [2.45, 2.75) is 6.04 Å². The van der Waals surface area contributed by atoms with Gasteiger partial charge in [-0.3, -0.25) is 0 Å². The van der Waals surface area contributed by atoms with Gasteiger partial charge in [-0.05, 0) is 34.5 Å². The molecule has 1 unspecified atom stereocenters. The van der Waals surface area contributed by atoms with E-state index in [-0.39, 0.29) is 10.6 Å². The monoisotopic (exact) mass is 309 g/mol. The molecule has 2 aromatic carbocycles. The van der Waals surface area contributed by atoms with E-state index in [0.717, 1.165) is 27.8 Å². The van der Waals surface area contributed by atoms with Gasteiger partial charge in [0.2, 0.25) is 0 Å². The molecule has 20 heavy (non-hydrogen) atoms. The van der Waals surface area contributed by atoms with E-state index >= 15 is 0 Å². The SMILES string of the molecule is NC(c1cc(F)c(Cl)cc1F)c1cccc2ccsc12. The molecule has 0 saturated carbocycles. The molecule has 5 heteroatoms. The van der Waals surface area contributed by atoms with E-state index in [1.807, 2.05) is 29.6 Å². The minimum atomic E-state index is -0.732. The Labute approximate surface area is 123 Å². The minimum absolute atomic E-state index is 0.104. The molecule has 0 amide bonds. The molecule has 102 valence electrons. The normalized spacial score (nSPS) is 12.8. The van der Waals surface area contributed by atoms with Crippen molar-refractivity contribution in [2.24, 2.45) is 5.73 Å². The molecule has 1 nitrogen and oxygen atoms in total. The van der Waals surface area contributed by atoms with E-state index in [4.69, 9.17) is 17.3 Å². The summed E-state index contributed by atoms with van der Waals surface area (Å²) in [5, 5.41) is 2.74. The standard InChI is InChI=1S/C15H10ClF2NS/c16-11-7-12(17)10(6-13(11)18)14(19)9-3-1-2-8-4-5-20-15(8)9/h1-7,14H,19H2. The van der Waals surface area contributed by atoms with Crippen molar-refractivity contribution >= 4 is 33.0 Å². The first-order valence-electron chi connectivity index (χ1n) is 5.94. The van der Waals surface area contributed by atoms with Crippen molar-refractivity contribution in [3.63, 3.8) is 0 Å². The summed E-state index contributed by atoms with van der Waals surface area (Å²) in [6.07, 6.45) is 0. The Morgan fingerprint density at radius 1 is 1.05 bits per heavy atom. The maximum absolute atomic E-state index is 14.0. The van der Waals surface area contributed by atoms with Gasteiger partial charge in [0, 0.05) is 10.3 Å². The van der Waals surface area contributed by atoms with E-state index in [1.165, 1.54) is 11.3 Å². The zero-order valence-corrected chi connectivity index (χ0v) is 11.8. The third-order valence-electron chi connectivity index (χ3n) is 3.22. The van der Waals surface area contributed by atoms with Gasteiger partial charge in [0.05, 0.1) is 11.1 Å². The highest BCUT2D eigenvalue weighted by molar-refractivity contribution is 7.17. The molecule has 0 saturated heterocycles. The second-order valence-electron chi connectivity index (χ2n) is 4.45. The molecule has 2 N–H and O–H groups in total. The van der Waals surface area contributed by atoms with Crippen LogP contribution >= 0.6 is 22.9 Å². The highest BCUT2D eigenvalue weighted by Crippen LogP contribution is 2.33. The summed E-state index contributed by atoms with van der Waals surface area (Å²) in [6.45, 7) is 0. The largest absolute Gasteiger partial charge is 0.320 e. The minimum Gasteiger partial charge on any atom is -0.320 e. The highest BCUT2D eigenvalue weighted by atomic mass is 35.5. The van der Waals surface area contributed by atoms with Crippen LogP contribution in [0.5, 0.6) is 0 Å². The van der Waals surface area contributed by atoms with Crippen molar-refractivity contribution in [3.8, 4) is 0 Å². The Morgan fingerprint density at radius 3 is 2.65 bits per heavy atom. The summed E-state index contributed by atoms with van der Waals surface area (Å²) >= 11 is 7.09. The van der Waals surface area contributed by atoms with Gasteiger partial charge in [-0.15, -0.1) is 11.3 Å². The predicted octanol–water partition coefficient (Wildman–Crippen LogP) is 4.88. The van der Waals surface area contributed by atoms with Crippen molar-refractivity contribution in [1.29, 1.82) is 0 Å². The van der Waals surface area contributed by atoms with Gasteiger partial charge in [-0.25, -0.2) is 8.78 Å². The van der Waals surface area contributed by atoms with Gasteiger partial charge in [0.25, 0.3) is 0 Å². The number of hydrogen-bond donors (Lipinski definition) is 1. The third kappa shape index (κ3) is 2.20. The number of nitrogens with two attached hydrogens (primary N) is 1. The molecular weight excluding hydrogens is 300 g/mol. The van der Waals surface area contributed by atoms with E-state index in [2.05, 4.69) is 0 Å². The number of fused-ring (bicyclic) bond motifs is 1. The fourth-order valence-electron chi connectivity index (χ4n) is 2.20. The van der Waals surface area contributed by atoms with Crippen LogP contribution in [0.2, 0.25) is 5.02 Å². The molecule has 1 aromatic heterocycles. The molecule has 1 heterocycles. The first-order chi connectivity index (χ1) is 9.58. The molecule has 0 bridgehead atoms. The molecule has 0 aliphatic carbocycles. The van der Waals surface area contributed by atoms with E-state index < -0.39 is 17.7 Å². The van der Waals surface area contributed by atoms with Crippen LogP contribution in [0.4, 0.5) is 8.78 Å². The predicted molar refractivity (Wildman–Crippen MR) is 79.2 cm³/mol. The summed E-state index contributed by atoms with van der Waals surface area (Å²) < 4.78 is 28.5. The fourth-order valence-corrected chi connectivity index (χ4v) is 3.31. The van der Waals surface area contributed by atoms with Gasteiger partial charge < -0.3 is 5.73 Å². The van der Waals surface area contributed by atoms with Gasteiger partial charge in [0.15, 0.2) is 0 Å². The first-order valence-corrected chi connectivity index (χ1v) is 7.20. The van der Waals surface area contributed by atoms with E-state index in [1.54, 1.807) is 0 Å². The zero-order valence-electron chi connectivity index (χ0n) is 10.2. The van der Waals surface area contributed by atoms with Crippen molar-refractivity contribution in [2.75, 3.05) is 0 Å². The van der Waals surface area contributed by atoms with E-state index in [9.17, 15) is 8.78 Å². The second-order valence-corrected chi connectivity index (χ2v) is 5.78. The molecule has 1 atom stereocenters. The lowest BCUT2D eigenvalue weighted by molar-refractivity contribution is 0.577. The number of halogens is 3. The van der Waals surface area contributed by atoms with Crippen LogP contribution in [-0.4, -0.2) is 0 Å². The molecule has 0 spiro atoms. The third-order valence-corrected chi connectivity index (χ3v) is 4.49. The lowest BCUT2D eigenvalue weighted by Crippen LogP contribution is -2.14. The van der Waals surface area contributed by atoms with Crippen LogP contribution in [-0.2, 0) is 0 Å². The van der Waals surface area contributed by atoms with Crippen molar-refractivity contribution in [3.05, 3.63) is 69.6 Å². The molecule has 0 radical (unpaired) electrons. The summed E-state index contributed by atoms with van der Waals surface area (Å²) in [6, 6.07) is 8.90. The van der Waals surface area contributed by atoms with E-state index in [0.29, 0.717) is 0 Å². The summed E-state index contributed by atoms with van der Waals surface area (Å²) in [7, 11) is 0. The Balaban J connectivity index is 2.15. The van der Waals surface area contributed by atoms with Crippen LogP contribution < -0.4 is 5.73 Å². The fraction of sp³-hybridized carbons (Fsp3) is 0.0667. The Morgan fingerprint density at radius 2 is 1.85 bits per heavy atom. The summed E-state index contributed by atoms with van der Waals surface area (Å²) in [5.41, 5.74) is 7.00. The smallest absolute Gasteiger partial charge is 0.142 e. The van der Waals surface area contributed by atoms with Crippen LogP contribution in [0.1, 0.15) is 17.2 Å². The summed E-state index contributed by atoms with van der Waals surface area (Å²) in [4.78, 5) is 0.